The first-order valence-corrected chi connectivity index (χ1v) is 38.8. The number of ether oxygens (including phenoxy) is 1. The fourth-order valence-corrected chi connectivity index (χ4v) is 12.3. The number of carbonyl (C=O) groups is 2. The van der Waals surface area contributed by atoms with Crippen molar-refractivity contribution in [2.24, 2.45) is 0 Å². The summed E-state index contributed by atoms with van der Waals surface area (Å²) in [7, 11) is 0. The smallest absolute Gasteiger partial charge is 0.305 e. The van der Waals surface area contributed by atoms with Gasteiger partial charge in [-0.3, -0.25) is 9.59 Å². The molecule has 6 nitrogen and oxygen atoms in total. The Kier molecular flexibility index (Phi) is 72.9. The summed E-state index contributed by atoms with van der Waals surface area (Å²) in [6.07, 6.45) is 96.9. The lowest BCUT2D eigenvalue weighted by Gasteiger charge is -2.20. The van der Waals surface area contributed by atoms with Gasteiger partial charge in [0.1, 0.15) is 0 Å². The molecule has 0 aromatic heterocycles. The summed E-state index contributed by atoms with van der Waals surface area (Å²) < 4.78 is 5.48. The number of hydrogen-bond acceptors (Lipinski definition) is 5. The molecule has 0 saturated carbocycles. The minimum absolute atomic E-state index is 0.0152. The normalized spacial score (nSPS) is 12.7. The van der Waals surface area contributed by atoms with Crippen molar-refractivity contribution in [2.45, 2.75) is 443 Å². The highest BCUT2D eigenvalue weighted by Crippen LogP contribution is 2.19. The van der Waals surface area contributed by atoms with Gasteiger partial charge in [-0.25, -0.2) is 0 Å². The molecule has 0 spiro atoms. The molecular formula is C79H151NO5. The second-order valence-corrected chi connectivity index (χ2v) is 26.7. The van der Waals surface area contributed by atoms with Gasteiger partial charge in [-0.15, -0.1) is 0 Å². The Morgan fingerprint density at radius 3 is 0.894 bits per heavy atom. The third kappa shape index (κ3) is 71.0. The van der Waals surface area contributed by atoms with Gasteiger partial charge >= 0.3 is 5.97 Å². The highest BCUT2D eigenvalue weighted by atomic mass is 16.5. The van der Waals surface area contributed by atoms with Gasteiger partial charge in [0, 0.05) is 12.8 Å². The van der Waals surface area contributed by atoms with Crippen molar-refractivity contribution in [1.82, 2.24) is 5.32 Å². The maximum atomic E-state index is 12.5. The molecule has 2 atom stereocenters. The Morgan fingerprint density at radius 1 is 0.329 bits per heavy atom. The van der Waals surface area contributed by atoms with E-state index in [1.54, 1.807) is 6.08 Å². The minimum atomic E-state index is -0.845. The van der Waals surface area contributed by atoms with E-state index in [0.717, 1.165) is 44.9 Å². The Hall–Kier alpha value is -1.92. The highest BCUT2D eigenvalue weighted by Gasteiger charge is 2.18. The number of aliphatic hydroxyl groups excluding tert-OH is 2. The van der Waals surface area contributed by atoms with Gasteiger partial charge in [0.05, 0.1) is 25.4 Å². The van der Waals surface area contributed by atoms with E-state index >= 15 is 0 Å². The van der Waals surface area contributed by atoms with Crippen molar-refractivity contribution in [3.63, 3.8) is 0 Å². The number of unbranched alkanes of at least 4 members (excludes halogenated alkanes) is 58. The Balaban J connectivity index is 3.40. The van der Waals surface area contributed by atoms with Crippen LogP contribution in [-0.2, 0) is 14.3 Å². The molecule has 0 aliphatic carbocycles. The molecule has 0 bridgehead atoms. The summed E-state index contributed by atoms with van der Waals surface area (Å²) in [5.74, 6) is -0.0462. The second kappa shape index (κ2) is 74.5. The summed E-state index contributed by atoms with van der Waals surface area (Å²) in [5, 5.41) is 23.3. The van der Waals surface area contributed by atoms with Gasteiger partial charge in [0.15, 0.2) is 0 Å². The number of carbonyl (C=O) groups excluding carboxylic acids is 2. The summed E-state index contributed by atoms with van der Waals surface area (Å²) in [4.78, 5) is 24.6. The number of aliphatic hydroxyl groups is 2. The molecule has 0 aliphatic heterocycles. The lowest BCUT2D eigenvalue weighted by atomic mass is 10.0. The Morgan fingerprint density at radius 2 is 0.588 bits per heavy atom. The summed E-state index contributed by atoms with van der Waals surface area (Å²) >= 11 is 0. The van der Waals surface area contributed by atoms with Gasteiger partial charge in [-0.2, -0.15) is 0 Å². The topological polar surface area (TPSA) is 95.9 Å². The van der Waals surface area contributed by atoms with Crippen molar-refractivity contribution in [3.05, 3.63) is 36.5 Å². The summed E-state index contributed by atoms with van der Waals surface area (Å²) in [6.45, 7) is 4.94. The van der Waals surface area contributed by atoms with E-state index < -0.39 is 12.1 Å². The third-order valence-electron chi connectivity index (χ3n) is 18.2. The van der Waals surface area contributed by atoms with Crippen LogP contribution in [0.4, 0.5) is 0 Å². The van der Waals surface area contributed by atoms with Crippen LogP contribution in [0.15, 0.2) is 36.5 Å². The number of nitrogens with one attached hydrogen (secondary N) is 1. The highest BCUT2D eigenvalue weighted by molar-refractivity contribution is 5.76. The Bertz CT molecular complexity index is 1380. The monoisotopic (exact) mass is 1190 g/mol. The van der Waals surface area contributed by atoms with Crippen molar-refractivity contribution >= 4 is 11.9 Å². The molecule has 85 heavy (non-hydrogen) atoms. The standard InChI is InChI=1S/C79H151NO5/c1-3-5-7-9-11-13-15-17-18-19-20-21-33-36-39-42-45-48-51-55-59-63-67-71-77(82)76(75-81)80-78(83)72-68-64-60-56-52-49-46-43-40-37-34-31-29-27-25-23-22-24-26-28-30-32-35-38-41-44-47-50-54-58-62-66-70-74-85-79(84)73-69-65-61-57-53-16-14-12-10-8-6-4-2/h26,28,32,35,67,71,76-77,81-82H,3-25,27,29-31,33-34,36-66,68-70,72-75H2,1-2H3,(H,80,83)/b28-26-,35-32-,71-67+. The molecule has 1 amide bonds. The van der Waals surface area contributed by atoms with Gasteiger partial charge in [0.25, 0.3) is 0 Å². The number of esters is 1. The molecule has 0 saturated heterocycles. The maximum absolute atomic E-state index is 12.5. The number of amides is 1. The van der Waals surface area contributed by atoms with Crippen LogP contribution in [0.1, 0.15) is 431 Å². The van der Waals surface area contributed by atoms with Crippen LogP contribution in [0.2, 0.25) is 0 Å². The van der Waals surface area contributed by atoms with Gasteiger partial charge in [0.2, 0.25) is 5.91 Å². The van der Waals surface area contributed by atoms with Crippen LogP contribution in [-0.4, -0.2) is 47.4 Å². The lowest BCUT2D eigenvalue weighted by molar-refractivity contribution is -0.143. The first-order chi connectivity index (χ1) is 42.0. The molecule has 6 heteroatoms. The fraction of sp³-hybridized carbons (Fsp3) is 0.899. The van der Waals surface area contributed by atoms with Crippen LogP contribution < -0.4 is 5.32 Å². The predicted molar refractivity (Wildman–Crippen MR) is 375 cm³/mol. The number of allylic oxidation sites excluding steroid dienone is 5. The van der Waals surface area contributed by atoms with Crippen molar-refractivity contribution < 1.29 is 24.5 Å². The van der Waals surface area contributed by atoms with E-state index in [-0.39, 0.29) is 18.5 Å². The van der Waals surface area contributed by atoms with E-state index in [1.165, 1.54) is 360 Å². The number of rotatable bonds is 73. The van der Waals surface area contributed by atoms with E-state index in [2.05, 4.69) is 43.5 Å². The van der Waals surface area contributed by atoms with Gasteiger partial charge < -0.3 is 20.3 Å². The first kappa shape index (κ1) is 83.1. The molecule has 0 heterocycles. The van der Waals surface area contributed by atoms with Crippen molar-refractivity contribution in [3.8, 4) is 0 Å². The molecule has 502 valence electrons. The molecule has 0 radical (unpaired) electrons. The molecule has 0 rings (SSSR count). The zero-order valence-electron chi connectivity index (χ0n) is 57.6. The zero-order chi connectivity index (χ0) is 61.3. The van der Waals surface area contributed by atoms with Crippen LogP contribution in [0.3, 0.4) is 0 Å². The summed E-state index contributed by atoms with van der Waals surface area (Å²) in [5.41, 5.74) is 0. The van der Waals surface area contributed by atoms with Gasteiger partial charge in [-0.1, -0.05) is 391 Å². The van der Waals surface area contributed by atoms with E-state index in [0.29, 0.717) is 19.4 Å². The van der Waals surface area contributed by atoms with Crippen LogP contribution in [0.5, 0.6) is 0 Å². The molecule has 3 N–H and O–H groups in total. The molecule has 0 aliphatic rings. The average Bonchev–Trinajstić information content (AvgIpc) is 3.53. The molecular weight excluding hydrogens is 1040 g/mol. The molecule has 0 aromatic rings. The average molecular weight is 1200 g/mol. The zero-order valence-corrected chi connectivity index (χ0v) is 57.6. The maximum Gasteiger partial charge on any atom is 0.305 e. The second-order valence-electron chi connectivity index (χ2n) is 26.7. The molecule has 2 unspecified atom stereocenters. The molecule has 0 fully saturated rings. The number of hydrogen-bond donors (Lipinski definition) is 3. The van der Waals surface area contributed by atoms with Crippen molar-refractivity contribution in [1.29, 1.82) is 0 Å². The summed E-state index contributed by atoms with van der Waals surface area (Å²) in [6, 6.07) is -0.628. The molecule has 0 aromatic carbocycles. The van der Waals surface area contributed by atoms with Crippen LogP contribution in [0, 0.1) is 0 Å². The first-order valence-electron chi connectivity index (χ1n) is 38.8. The predicted octanol–water partition coefficient (Wildman–Crippen LogP) is 25.4. The third-order valence-corrected chi connectivity index (χ3v) is 18.2. The quantitative estimate of drug-likeness (QED) is 0.0320. The van der Waals surface area contributed by atoms with E-state index in [9.17, 15) is 19.8 Å². The minimum Gasteiger partial charge on any atom is -0.466 e. The van der Waals surface area contributed by atoms with Crippen LogP contribution >= 0.6 is 0 Å². The Labute approximate surface area is 532 Å². The lowest BCUT2D eigenvalue weighted by Crippen LogP contribution is -2.45. The van der Waals surface area contributed by atoms with E-state index in [4.69, 9.17) is 4.74 Å². The van der Waals surface area contributed by atoms with Gasteiger partial charge in [-0.05, 0) is 64.2 Å². The largest absolute Gasteiger partial charge is 0.466 e. The van der Waals surface area contributed by atoms with E-state index in [1.807, 2.05) is 6.08 Å². The van der Waals surface area contributed by atoms with Crippen LogP contribution in [0.25, 0.3) is 0 Å². The van der Waals surface area contributed by atoms with Crippen molar-refractivity contribution in [2.75, 3.05) is 13.2 Å². The fourth-order valence-electron chi connectivity index (χ4n) is 12.3. The SMILES string of the molecule is CCCCCCCCCCCCCCCCCCCCCCC/C=C/C(O)C(CO)NC(=O)CCCCCCCCCCCCCCCCCCC/C=C\C/C=C\CCCCCCCCCCCOC(=O)CCCCCCCCCCCCCC.